The molecule has 0 radical (unpaired) electrons. The summed E-state index contributed by atoms with van der Waals surface area (Å²) in [6.45, 7) is 0. The first-order valence-corrected chi connectivity index (χ1v) is 4.41. The van der Waals surface area contributed by atoms with Crippen LogP contribution in [0.5, 0.6) is 0 Å². The molecule has 5 heteroatoms. The summed E-state index contributed by atoms with van der Waals surface area (Å²) in [5.41, 5.74) is -0.278. The van der Waals surface area contributed by atoms with Crippen molar-refractivity contribution in [1.82, 2.24) is 0 Å². The van der Waals surface area contributed by atoms with Crippen molar-refractivity contribution in [2.24, 2.45) is 0 Å². The molecule has 0 N–H and O–H groups in total. The topological polar surface area (TPSA) is 40.9 Å². The molecule has 0 saturated heterocycles. The lowest BCUT2D eigenvalue weighted by Crippen LogP contribution is -2.02. The van der Waals surface area contributed by atoms with Gasteiger partial charge in [-0.15, -0.1) is 0 Å². The summed E-state index contributed by atoms with van der Waals surface area (Å²) in [6.07, 6.45) is -0.422. The zero-order valence-corrected chi connectivity index (χ0v) is 8.44. The second-order valence-electron chi connectivity index (χ2n) is 2.48. The number of nitriles is 1. The molecule has 0 heterocycles. The molecule has 0 aliphatic heterocycles. The maximum atomic E-state index is 13.2. The molecule has 0 aromatic heterocycles. The van der Waals surface area contributed by atoms with Gasteiger partial charge < -0.3 is 0 Å². The van der Waals surface area contributed by atoms with E-state index in [1.807, 2.05) is 0 Å². The van der Waals surface area contributed by atoms with Crippen molar-refractivity contribution in [2.45, 2.75) is 6.42 Å². The summed E-state index contributed by atoms with van der Waals surface area (Å²) >= 11 is 2.66. The number of hydrogen-bond donors (Lipinski definition) is 0. The van der Waals surface area contributed by atoms with Crippen molar-refractivity contribution in [3.05, 3.63) is 33.8 Å². The molecule has 2 nitrogen and oxygen atoms in total. The van der Waals surface area contributed by atoms with Crippen molar-refractivity contribution in [3.63, 3.8) is 0 Å². The third-order valence-corrected chi connectivity index (χ3v) is 2.30. The highest BCUT2D eigenvalue weighted by Crippen LogP contribution is 2.23. The Morgan fingerprint density at radius 1 is 1.50 bits per heavy atom. The zero-order chi connectivity index (χ0) is 10.7. The minimum atomic E-state index is -0.967. The van der Waals surface area contributed by atoms with E-state index in [0.29, 0.717) is 0 Å². The molecule has 0 aliphatic carbocycles. The van der Waals surface area contributed by atoms with Crippen LogP contribution in [0.15, 0.2) is 16.6 Å². The quantitative estimate of drug-likeness (QED) is 0.606. The van der Waals surface area contributed by atoms with E-state index in [1.54, 1.807) is 6.07 Å². The predicted octanol–water partition coefficient (Wildman–Crippen LogP) is 2.82. The molecule has 1 aromatic carbocycles. The highest BCUT2D eigenvalue weighted by Gasteiger charge is 2.16. The molecule has 1 aromatic rings. The maximum Gasteiger partial charge on any atom is 0.179 e. The highest BCUT2D eigenvalue weighted by molar-refractivity contribution is 9.10. The fourth-order valence-electron chi connectivity index (χ4n) is 0.908. The molecule has 0 aliphatic rings. The van der Waals surface area contributed by atoms with Gasteiger partial charge in [0.1, 0.15) is 5.82 Å². The lowest BCUT2D eigenvalue weighted by molar-refractivity contribution is 0.0993. The second-order valence-corrected chi connectivity index (χ2v) is 3.27. The molecule has 1 rings (SSSR count). The van der Waals surface area contributed by atoms with Crippen molar-refractivity contribution in [1.29, 1.82) is 5.26 Å². The molecule has 0 amide bonds. The highest BCUT2D eigenvalue weighted by atomic mass is 79.9. The normalized spacial score (nSPS) is 9.57. The first kappa shape index (κ1) is 10.8. The molecule has 0 spiro atoms. The Morgan fingerprint density at radius 3 is 2.71 bits per heavy atom. The van der Waals surface area contributed by atoms with Crippen LogP contribution in [0.4, 0.5) is 8.78 Å². The average molecular weight is 260 g/mol. The van der Waals surface area contributed by atoms with Gasteiger partial charge in [-0.05, 0) is 28.1 Å². The Morgan fingerprint density at radius 2 is 2.14 bits per heavy atom. The fourth-order valence-corrected chi connectivity index (χ4v) is 1.25. The van der Waals surface area contributed by atoms with E-state index < -0.39 is 23.8 Å². The Kier molecular flexibility index (Phi) is 3.31. The van der Waals surface area contributed by atoms with Crippen molar-refractivity contribution < 1.29 is 13.6 Å². The van der Waals surface area contributed by atoms with Gasteiger partial charge in [-0.2, -0.15) is 5.26 Å². The van der Waals surface area contributed by atoms with Gasteiger partial charge in [-0.3, -0.25) is 4.79 Å². The molecule has 0 bridgehead atoms. The van der Waals surface area contributed by atoms with Crippen LogP contribution in [0.1, 0.15) is 16.8 Å². The third-order valence-electron chi connectivity index (χ3n) is 1.58. The number of Topliss-reactive ketones (excluding diaryl/α,β-unsaturated/α-hetero) is 1. The number of carbonyl (C=O) groups excluding carboxylic acids is 1. The lowest BCUT2D eigenvalue weighted by atomic mass is 10.1. The van der Waals surface area contributed by atoms with E-state index >= 15 is 0 Å². The Bertz CT molecular complexity index is 426. The first-order valence-electron chi connectivity index (χ1n) is 3.61. The number of halogens is 3. The van der Waals surface area contributed by atoms with Crippen LogP contribution in [0.2, 0.25) is 0 Å². The van der Waals surface area contributed by atoms with Crippen LogP contribution >= 0.6 is 15.9 Å². The maximum absolute atomic E-state index is 13.2. The van der Waals surface area contributed by atoms with Crippen LogP contribution in [0.3, 0.4) is 0 Å². The van der Waals surface area contributed by atoms with Gasteiger partial charge in [0, 0.05) is 0 Å². The van der Waals surface area contributed by atoms with Crippen molar-refractivity contribution in [2.75, 3.05) is 0 Å². The SMILES string of the molecule is N#CCC(=O)c1ccc(F)c(Br)c1F. The van der Waals surface area contributed by atoms with E-state index in [9.17, 15) is 13.6 Å². The largest absolute Gasteiger partial charge is 0.293 e. The van der Waals surface area contributed by atoms with E-state index in [-0.39, 0.29) is 10.0 Å². The van der Waals surface area contributed by atoms with Gasteiger partial charge in [-0.25, -0.2) is 8.78 Å². The predicted molar refractivity (Wildman–Crippen MR) is 48.6 cm³/mol. The molecule has 72 valence electrons. The molecule has 0 saturated carbocycles. The number of benzene rings is 1. The molecular weight excluding hydrogens is 256 g/mol. The summed E-state index contributed by atoms with van der Waals surface area (Å²) in [5.74, 6) is -2.41. The number of rotatable bonds is 2. The fraction of sp³-hybridized carbons (Fsp3) is 0.111. The van der Waals surface area contributed by atoms with Gasteiger partial charge in [0.25, 0.3) is 0 Å². The second kappa shape index (κ2) is 4.29. The number of carbonyl (C=O) groups is 1. The number of ketones is 1. The number of hydrogen-bond acceptors (Lipinski definition) is 2. The van der Waals surface area contributed by atoms with E-state index in [0.717, 1.165) is 12.1 Å². The Balaban J connectivity index is 3.19. The lowest BCUT2D eigenvalue weighted by Gasteiger charge is -2.01. The van der Waals surface area contributed by atoms with Gasteiger partial charge in [0.15, 0.2) is 11.6 Å². The van der Waals surface area contributed by atoms with Crippen molar-refractivity contribution in [3.8, 4) is 6.07 Å². The standard InChI is InChI=1S/C9H4BrF2NO/c10-8-6(11)2-1-5(9(8)12)7(14)3-4-13/h1-2H,3H2. The van der Waals surface area contributed by atoms with E-state index in [1.165, 1.54) is 0 Å². The minimum absolute atomic E-state index is 0.278. The summed E-state index contributed by atoms with van der Waals surface area (Å²) in [6, 6.07) is 3.59. The summed E-state index contributed by atoms with van der Waals surface area (Å²) in [5, 5.41) is 8.23. The van der Waals surface area contributed by atoms with Crippen LogP contribution in [0, 0.1) is 23.0 Å². The number of nitrogens with zero attached hydrogens (tertiary/aromatic N) is 1. The monoisotopic (exact) mass is 259 g/mol. The molecule has 0 unspecified atom stereocenters. The molecular formula is C9H4BrF2NO. The van der Waals surface area contributed by atoms with Crippen LogP contribution in [0.25, 0.3) is 0 Å². The third kappa shape index (κ3) is 1.96. The summed E-state index contributed by atoms with van der Waals surface area (Å²) in [7, 11) is 0. The molecule has 0 atom stereocenters. The van der Waals surface area contributed by atoms with Crippen LogP contribution in [-0.2, 0) is 0 Å². The van der Waals surface area contributed by atoms with E-state index in [2.05, 4.69) is 15.9 Å². The van der Waals surface area contributed by atoms with Crippen molar-refractivity contribution >= 4 is 21.7 Å². The van der Waals surface area contributed by atoms with E-state index in [4.69, 9.17) is 5.26 Å². The Labute approximate surface area is 87.3 Å². The first-order chi connectivity index (χ1) is 6.57. The van der Waals surface area contributed by atoms with Crippen LogP contribution < -0.4 is 0 Å². The Hall–Kier alpha value is -1.28. The zero-order valence-electron chi connectivity index (χ0n) is 6.85. The van der Waals surface area contributed by atoms with Gasteiger partial charge >= 0.3 is 0 Å². The molecule has 14 heavy (non-hydrogen) atoms. The smallest absolute Gasteiger partial charge is 0.179 e. The van der Waals surface area contributed by atoms with Gasteiger partial charge in [0.2, 0.25) is 0 Å². The van der Waals surface area contributed by atoms with Gasteiger partial charge in [-0.1, -0.05) is 0 Å². The summed E-state index contributed by atoms with van der Waals surface area (Å²) in [4.78, 5) is 11.1. The summed E-state index contributed by atoms with van der Waals surface area (Å²) < 4.78 is 25.6. The average Bonchev–Trinajstić information content (AvgIpc) is 2.15. The van der Waals surface area contributed by atoms with Gasteiger partial charge in [0.05, 0.1) is 22.5 Å². The molecule has 0 fully saturated rings. The minimum Gasteiger partial charge on any atom is -0.293 e. The van der Waals surface area contributed by atoms with Crippen LogP contribution in [-0.4, -0.2) is 5.78 Å².